The molecule has 18 heavy (non-hydrogen) atoms. The molecule has 1 aromatic carbocycles. The van der Waals surface area contributed by atoms with Gasteiger partial charge in [0, 0.05) is 28.2 Å². The molecule has 96 valence electrons. The Bertz CT molecular complexity index is 455. The van der Waals surface area contributed by atoms with Crippen LogP contribution in [0.4, 0.5) is 5.69 Å². The maximum Gasteiger partial charge on any atom is 0.161 e. The Labute approximate surface area is 125 Å². The van der Waals surface area contributed by atoms with Gasteiger partial charge in [-0.05, 0) is 59.7 Å². The van der Waals surface area contributed by atoms with Gasteiger partial charge in [0.2, 0.25) is 0 Å². The summed E-state index contributed by atoms with van der Waals surface area (Å²) in [6, 6.07) is 8.40. The fraction of sp³-hybridized carbons (Fsp3) is 0.462. The second-order valence-corrected chi connectivity index (χ2v) is 6.88. The average molecular weight is 374 g/mol. The van der Waals surface area contributed by atoms with Crippen molar-refractivity contribution in [1.82, 2.24) is 0 Å². The van der Waals surface area contributed by atoms with E-state index in [1.54, 1.807) is 0 Å². The average Bonchev–Trinajstić information content (AvgIpc) is 2.76. The summed E-state index contributed by atoms with van der Waals surface area (Å²) < 4.78 is 6.67. The largest absolute Gasteiger partial charge is 0.381 e. The molecular weight excluding hydrogens is 359 g/mol. The SMILES string of the molecule is Ic1ccc(NC2=NC3(CCOCC3)CS2)cc1. The molecule has 1 N–H and O–H groups in total. The predicted molar refractivity (Wildman–Crippen MR) is 85.5 cm³/mol. The third-order valence-electron chi connectivity index (χ3n) is 3.34. The van der Waals surface area contributed by atoms with Gasteiger partial charge in [-0.2, -0.15) is 0 Å². The van der Waals surface area contributed by atoms with Crippen LogP contribution in [0.15, 0.2) is 29.3 Å². The summed E-state index contributed by atoms with van der Waals surface area (Å²) in [6.07, 6.45) is 2.11. The van der Waals surface area contributed by atoms with E-state index in [-0.39, 0.29) is 5.54 Å². The third-order valence-corrected chi connectivity index (χ3v) is 5.20. The molecule has 2 aliphatic heterocycles. The highest BCUT2D eigenvalue weighted by molar-refractivity contribution is 14.1. The predicted octanol–water partition coefficient (Wildman–Crippen LogP) is 3.36. The van der Waals surface area contributed by atoms with Crippen LogP contribution in [0.3, 0.4) is 0 Å². The summed E-state index contributed by atoms with van der Waals surface area (Å²) in [7, 11) is 0. The van der Waals surface area contributed by atoms with Gasteiger partial charge in [0.1, 0.15) is 0 Å². The quantitative estimate of drug-likeness (QED) is 0.766. The van der Waals surface area contributed by atoms with Crippen molar-refractivity contribution in [2.24, 2.45) is 4.99 Å². The van der Waals surface area contributed by atoms with E-state index < -0.39 is 0 Å². The molecule has 0 unspecified atom stereocenters. The van der Waals surface area contributed by atoms with E-state index in [1.807, 2.05) is 11.8 Å². The van der Waals surface area contributed by atoms with Crippen LogP contribution in [0.1, 0.15) is 12.8 Å². The third kappa shape index (κ3) is 2.83. The van der Waals surface area contributed by atoms with Crippen molar-refractivity contribution < 1.29 is 4.74 Å². The van der Waals surface area contributed by atoms with E-state index in [2.05, 4.69) is 52.2 Å². The van der Waals surface area contributed by atoms with E-state index in [0.717, 1.165) is 42.7 Å². The molecule has 0 atom stereocenters. The van der Waals surface area contributed by atoms with Crippen molar-refractivity contribution in [1.29, 1.82) is 0 Å². The molecule has 0 saturated carbocycles. The van der Waals surface area contributed by atoms with Crippen LogP contribution in [0.5, 0.6) is 0 Å². The maximum absolute atomic E-state index is 5.42. The fourth-order valence-corrected chi connectivity index (χ4v) is 3.78. The Hall–Kier alpha value is -0.270. The molecule has 1 fully saturated rings. The van der Waals surface area contributed by atoms with Gasteiger partial charge >= 0.3 is 0 Å². The first-order valence-electron chi connectivity index (χ1n) is 6.09. The zero-order valence-corrected chi connectivity index (χ0v) is 13.0. The Morgan fingerprint density at radius 1 is 1.22 bits per heavy atom. The van der Waals surface area contributed by atoms with Crippen LogP contribution < -0.4 is 5.32 Å². The Kier molecular flexibility index (Phi) is 3.81. The summed E-state index contributed by atoms with van der Waals surface area (Å²) in [6.45, 7) is 1.70. The number of rotatable bonds is 1. The summed E-state index contributed by atoms with van der Waals surface area (Å²) in [5, 5.41) is 4.46. The van der Waals surface area contributed by atoms with Crippen LogP contribution in [-0.2, 0) is 4.74 Å². The van der Waals surface area contributed by atoms with Gasteiger partial charge in [0.05, 0.1) is 5.54 Å². The van der Waals surface area contributed by atoms with Crippen LogP contribution >= 0.6 is 34.4 Å². The number of hydrogen-bond donors (Lipinski definition) is 1. The molecule has 3 nitrogen and oxygen atoms in total. The zero-order valence-electron chi connectivity index (χ0n) is 9.99. The normalized spacial score (nSPS) is 21.9. The lowest BCUT2D eigenvalue weighted by molar-refractivity contribution is 0.0624. The summed E-state index contributed by atoms with van der Waals surface area (Å²) in [5.74, 6) is 1.09. The Morgan fingerprint density at radius 3 is 2.67 bits per heavy atom. The zero-order chi connectivity index (χ0) is 12.4. The van der Waals surface area contributed by atoms with Crippen LogP contribution in [-0.4, -0.2) is 29.7 Å². The van der Waals surface area contributed by atoms with E-state index in [9.17, 15) is 0 Å². The molecule has 0 amide bonds. The minimum Gasteiger partial charge on any atom is -0.381 e. The number of benzene rings is 1. The van der Waals surface area contributed by atoms with E-state index in [0.29, 0.717) is 0 Å². The number of nitrogens with one attached hydrogen (secondary N) is 1. The van der Waals surface area contributed by atoms with Crippen LogP contribution in [0.25, 0.3) is 0 Å². The molecule has 1 aromatic rings. The van der Waals surface area contributed by atoms with Crippen molar-refractivity contribution in [2.75, 3.05) is 24.3 Å². The number of aliphatic imine (C=N–C) groups is 1. The molecule has 2 aliphatic rings. The first kappa shape index (κ1) is 12.7. The van der Waals surface area contributed by atoms with Crippen LogP contribution in [0.2, 0.25) is 0 Å². The molecule has 0 aliphatic carbocycles. The number of anilines is 1. The van der Waals surface area contributed by atoms with Crippen molar-refractivity contribution in [2.45, 2.75) is 18.4 Å². The van der Waals surface area contributed by atoms with E-state index in [4.69, 9.17) is 9.73 Å². The highest BCUT2D eigenvalue weighted by Crippen LogP contribution is 2.36. The van der Waals surface area contributed by atoms with Gasteiger partial charge in [-0.25, -0.2) is 0 Å². The smallest absolute Gasteiger partial charge is 0.161 e. The molecule has 0 radical (unpaired) electrons. The molecule has 5 heteroatoms. The monoisotopic (exact) mass is 374 g/mol. The Morgan fingerprint density at radius 2 is 1.94 bits per heavy atom. The topological polar surface area (TPSA) is 33.6 Å². The first-order chi connectivity index (χ1) is 8.76. The molecule has 2 heterocycles. The maximum atomic E-state index is 5.42. The van der Waals surface area contributed by atoms with Gasteiger partial charge < -0.3 is 10.1 Å². The lowest BCUT2D eigenvalue weighted by Gasteiger charge is -2.29. The molecule has 0 bridgehead atoms. The number of amidine groups is 1. The van der Waals surface area contributed by atoms with Gasteiger partial charge in [0.25, 0.3) is 0 Å². The van der Waals surface area contributed by atoms with Gasteiger partial charge in [-0.15, -0.1) is 0 Å². The van der Waals surface area contributed by atoms with Gasteiger partial charge in [-0.3, -0.25) is 4.99 Å². The summed E-state index contributed by atoms with van der Waals surface area (Å²) in [5.41, 5.74) is 1.25. The molecule has 3 rings (SSSR count). The molecule has 1 spiro atoms. The number of hydrogen-bond acceptors (Lipinski definition) is 4. The summed E-state index contributed by atoms with van der Waals surface area (Å²) in [4.78, 5) is 4.88. The highest BCUT2D eigenvalue weighted by Gasteiger charge is 2.37. The van der Waals surface area contributed by atoms with Gasteiger partial charge in [-0.1, -0.05) is 11.8 Å². The lowest BCUT2D eigenvalue weighted by atomic mass is 9.93. The number of halogens is 1. The highest BCUT2D eigenvalue weighted by atomic mass is 127. The van der Waals surface area contributed by atoms with Crippen molar-refractivity contribution in [3.05, 3.63) is 27.8 Å². The van der Waals surface area contributed by atoms with Crippen molar-refractivity contribution in [3.8, 4) is 0 Å². The molecule has 0 aromatic heterocycles. The lowest BCUT2D eigenvalue weighted by Crippen LogP contribution is -2.34. The summed E-state index contributed by atoms with van der Waals surface area (Å²) >= 11 is 4.14. The van der Waals surface area contributed by atoms with Crippen molar-refractivity contribution >= 4 is 45.2 Å². The second kappa shape index (κ2) is 5.38. The number of thioether (sulfide) groups is 1. The van der Waals surface area contributed by atoms with Crippen LogP contribution in [0, 0.1) is 3.57 Å². The fourth-order valence-electron chi connectivity index (χ4n) is 2.21. The number of ether oxygens (including phenoxy) is 1. The second-order valence-electron chi connectivity index (χ2n) is 4.67. The van der Waals surface area contributed by atoms with E-state index >= 15 is 0 Å². The molecular formula is C13H15IN2OS. The standard InChI is InChI=1S/C13H15IN2OS/c14-10-1-3-11(4-2-10)15-12-16-13(9-18-12)5-7-17-8-6-13/h1-4H,5-9H2,(H,15,16). The minimum absolute atomic E-state index is 0.133. The minimum atomic E-state index is 0.133. The first-order valence-corrected chi connectivity index (χ1v) is 8.15. The van der Waals surface area contributed by atoms with Gasteiger partial charge in [0.15, 0.2) is 5.17 Å². The van der Waals surface area contributed by atoms with E-state index in [1.165, 1.54) is 3.57 Å². The Balaban J connectivity index is 1.70. The number of nitrogens with zero attached hydrogens (tertiary/aromatic N) is 1. The molecule has 1 saturated heterocycles. The van der Waals surface area contributed by atoms with Crippen molar-refractivity contribution in [3.63, 3.8) is 0 Å².